The first-order valence-corrected chi connectivity index (χ1v) is 16.1. The van der Waals surface area contributed by atoms with E-state index in [-0.39, 0.29) is 35.4 Å². The summed E-state index contributed by atoms with van der Waals surface area (Å²) in [5, 5.41) is 12.0. The van der Waals surface area contributed by atoms with Crippen molar-refractivity contribution in [1.82, 2.24) is 13.7 Å². The first-order chi connectivity index (χ1) is 20.4. The number of fused-ring (bicyclic) bond motifs is 2. The monoisotopic (exact) mass is 639 g/mol. The van der Waals surface area contributed by atoms with Gasteiger partial charge in [-0.1, -0.05) is 52.2 Å². The number of aliphatic carboxylic acids is 1. The molecule has 4 N–H and O–H groups in total. The Kier molecular flexibility index (Phi) is 9.02. The number of nitrogens with zero attached hydrogens (tertiary/aromatic N) is 4. The summed E-state index contributed by atoms with van der Waals surface area (Å²) in [4.78, 5) is 22.4. The van der Waals surface area contributed by atoms with Gasteiger partial charge < -0.3 is 25.4 Å². The fourth-order valence-electron chi connectivity index (χ4n) is 5.27. The highest BCUT2D eigenvalue weighted by atomic mass is 32.3. The van der Waals surface area contributed by atoms with E-state index in [0.717, 1.165) is 0 Å². The highest BCUT2D eigenvalue weighted by molar-refractivity contribution is 8.04. The number of H-pyrrole nitrogens is 1. The maximum Gasteiger partial charge on any atom is 0.323 e. The lowest BCUT2D eigenvalue weighted by atomic mass is 10.1. The lowest BCUT2D eigenvalue weighted by Crippen LogP contribution is -2.49. The number of aromatic amines is 1. The molecule has 0 amide bonds. The van der Waals surface area contributed by atoms with Crippen molar-refractivity contribution in [3.63, 3.8) is 0 Å². The number of imidazole rings is 1. The van der Waals surface area contributed by atoms with Crippen molar-refractivity contribution in [2.45, 2.75) is 22.3 Å². The topological polar surface area (TPSA) is 175 Å². The molecule has 1 heterocycles. The van der Waals surface area contributed by atoms with Gasteiger partial charge in [-0.3, -0.25) is 4.79 Å². The van der Waals surface area contributed by atoms with Gasteiger partial charge in [0.1, 0.15) is 6.04 Å². The van der Waals surface area contributed by atoms with E-state index in [4.69, 9.17) is 0 Å². The standard InChI is InChI=1S/C30H31N5O6S2.H2O/c1-33(2)25-13-5-11-23-21(25)9-7-15-28(23)42(38,39)35(27(30(36)37)17-20-18-31-19-32-20)43(40,41)29-16-8-10-22-24(29)12-6-14-26(22)34(3)4;/h5-16,18-19,27H,17H2,1-4H3,(H,31,32)(H,36,37);1H2/t27-;/m0./s1. The number of anilines is 2. The van der Waals surface area contributed by atoms with Crippen LogP contribution in [0.1, 0.15) is 5.69 Å². The number of rotatable bonds is 10. The van der Waals surface area contributed by atoms with Crippen LogP contribution in [0.3, 0.4) is 0 Å². The first kappa shape index (κ1) is 32.4. The Morgan fingerprint density at radius 2 is 1.18 bits per heavy atom. The number of carboxylic acids is 1. The molecule has 14 heteroatoms. The van der Waals surface area contributed by atoms with Gasteiger partial charge in [-0.2, -0.15) is 0 Å². The Bertz CT molecular complexity index is 1920. The lowest BCUT2D eigenvalue weighted by Gasteiger charge is -2.29. The van der Waals surface area contributed by atoms with E-state index in [0.29, 0.717) is 22.1 Å². The minimum absolute atomic E-state index is 0. The van der Waals surface area contributed by atoms with Gasteiger partial charge in [0.2, 0.25) is 0 Å². The summed E-state index contributed by atoms with van der Waals surface area (Å²) < 4.78 is 58.8. The average molecular weight is 640 g/mol. The molecule has 0 aliphatic rings. The van der Waals surface area contributed by atoms with E-state index in [2.05, 4.69) is 9.97 Å². The molecule has 0 radical (unpaired) electrons. The van der Waals surface area contributed by atoms with Crippen molar-refractivity contribution in [2.75, 3.05) is 38.0 Å². The van der Waals surface area contributed by atoms with Crippen LogP contribution in [-0.4, -0.2) is 81.3 Å². The number of hydrogen-bond acceptors (Lipinski definition) is 8. The van der Waals surface area contributed by atoms with Crippen LogP contribution in [0.4, 0.5) is 11.4 Å². The number of nitrogens with one attached hydrogen (secondary N) is 1. The summed E-state index contributed by atoms with van der Waals surface area (Å²) in [5.74, 6) is -1.63. The summed E-state index contributed by atoms with van der Waals surface area (Å²) >= 11 is 0. The molecule has 232 valence electrons. The molecule has 0 saturated carbocycles. The van der Waals surface area contributed by atoms with Crippen LogP contribution in [-0.2, 0) is 31.3 Å². The summed E-state index contributed by atoms with van der Waals surface area (Å²) in [6.07, 6.45) is 2.16. The van der Waals surface area contributed by atoms with Crippen molar-refractivity contribution >= 4 is 58.9 Å². The van der Waals surface area contributed by atoms with Gasteiger partial charge in [0.25, 0.3) is 20.0 Å². The molecule has 0 aliphatic carbocycles. The van der Waals surface area contributed by atoms with Gasteiger partial charge in [-0.05, 0) is 24.3 Å². The normalized spacial score (nSPS) is 12.7. The van der Waals surface area contributed by atoms with Crippen LogP contribution in [0.15, 0.2) is 95.1 Å². The predicted molar refractivity (Wildman–Crippen MR) is 170 cm³/mol. The minimum Gasteiger partial charge on any atom is -0.480 e. The molecule has 1 atom stereocenters. The Labute approximate surface area is 255 Å². The number of hydrogen-bond donors (Lipinski definition) is 2. The van der Waals surface area contributed by atoms with Crippen molar-refractivity contribution in [2.24, 2.45) is 0 Å². The zero-order valence-corrected chi connectivity index (χ0v) is 26.1. The number of sulfonamides is 2. The minimum atomic E-state index is -5.02. The molecule has 5 aromatic rings. The molecular weight excluding hydrogens is 606 g/mol. The summed E-state index contributed by atoms with van der Waals surface area (Å²) in [7, 11) is -2.81. The second-order valence-electron chi connectivity index (χ2n) is 10.4. The zero-order valence-electron chi connectivity index (χ0n) is 24.5. The van der Waals surface area contributed by atoms with Crippen LogP contribution in [0.25, 0.3) is 21.5 Å². The van der Waals surface area contributed by atoms with Crippen LogP contribution in [0.5, 0.6) is 0 Å². The van der Waals surface area contributed by atoms with Crippen LogP contribution in [0, 0.1) is 0 Å². The van der Waals surface area contributed by atoms with E-state index in [9.17, 15) is 26.7 Å². The van der Waals surface area contributed by atoms with Gasteiger partial charge >= 0.3 is 5.97 Å². The molecule has 0 unspecified atom stereocenters. The Balaban J connectivity index is 0.00000442. The Hall–Kier alpha value is -4.50. The molecule has 4 aromatic carbocycles. The lowest BCUT2D eigenvalue weighted by molar-refractivity contribution is -0.140. The molecule has 1 aromatic heterocycles. The molecule has 0 aliphatic heterocycles. The highest BCUT2D eigenvalue weighted by Gasteiger charge is 2.47. The van der Waals surface area contributed by atoms with Crippen molar-refractivity contribution in [3.05, 3.63) is 91.0 Å². The molecule has 0 saturated heterocycles. The Morgan fingerprint density at radius 1 is 0.750 bits per heavy atom. The van der Waals surface area contributed by atoms with E-state index in [1.807, 2.05) is 21.9 Å². The molecular formula is C30H33N5O7S2. The van der Waals surface area contributed by atoms with E-state index in [1.54, 1.807) is 64.6 Å². The maximum absolute atomic E-state index is 14.7. The third-order valence-corrected chi connectivity index (χ3v) is 11.7. The second kappa shape index (κ2) is 12.2. The van der Waals surface area contributed by atoms with Gasteiger partial charge in [0.05, 0.1) is 16.1 Å². The van der Waals surface area contributed by atoms with E-state index < -0.39 is 38.5 Å². The molecule has 0 bridgehead atoms. The van der Waals surface area contributed by atoms with Crippen LogP contribution >= 0.6 is 0 Å². The largest absolute Gasteiger partial charge is 0.480 e. The SMILES string of the molecule is CN(C)c1cccc2c(S(=O)(=O)N([C@@H](Cc3cnc[nH]3)C(=O)O)S(=O)(=O)c3cccc4c(N(C)C)cccc34)cccc12.O. The average Bonchev–Trinajstić information content (AvgIpc) is 3.48. The number of carbonyl (C=O) groups is 1. The number of aromatic nitrogens is 2. The predicted octanol–water partition coefficient (Wildman–Crippen LogP) is 3.10. The fourth-order valence-corrected chi connectivity index (χ4v) is 9.59. The molecule has 44 heavy (non-hydrogen) atoms. The number of benzene rings is 4. The quantitative estimate of drug-likeness (QED) is 0.233. The third-order valence-electron chi connectivity index (χ3n) is 7.22. The second-order valence-corrected chi connectivity index (χ2v) is 14.2. The summed E-state index contributed by atoms with van der Waals surface area (Å²) in [5.41, 5.74) is 1.67. The van der Waals surface area contributed by atoms with Gasteiger partial charge in [0, 0.05) is 79.4 Å². The summed E-state index contributed by atoms with van der Waals surface area (Å²) in [6, 6.07) is 17.2. The van der Waals surface area contributed by atoms with Crippen LogP contribution in [0.2, 0.25) is 0 Å². The van der Waals surface area contributed by atoms with Gasteiger partial charge in [-0.25, -0.2) is 21.8 Å². The maximum atomic E-state index is 14.7. The highest BCUT2D eigenvalue weighted by Crippen LogP contribution is 2.38. The molecule has 5 rings (SSSR count). The van der Waals surface area contributed by atoms with E-state index in [1.165, 1.54) is 36.8 Å². The smallest absolute Gasteiger partial charge is 0.323 e. The van der Waals surface area contributed by atoms with Crippen molar-refractivity contribution < 1.29 is 32.2 Å². The summed E-state index contributed by atoms with van der Waals surface area (Å²) in [6.45, 7) is 0. The third kappa shape index (κ3) is 5.59. The molecule has 0 fully saturated rings. The van der Waals surface area contributed by atoms with Crippen molar-refractivity contribution in [1.29, 1.82) is 0 Å². The van der Waals surface area contributed by atoms with Gasteiger partial charge in [0.15, 0.2) is 0 Å². The fraction of sp³-hybridized carbons (Fsp3) is 0.200. The first-order valence-electron chi connectivity index (χ1n) is 13.2. The number of carboxylic acid groups (broad SMARTS) is 1. The molecule has 12 nitrogen and oxygen atoms in total. The molecule has 0 spiro atoms. The Morgan fingerprint density at radius 3 is 1.57 bits per heavy atom. The van der Waals surface area contributed by atoms with E-state index >= 15 is 0 Å². The van der Waals surface area contributed by atoms with Crippen molar-refractivity contribution in [3.8, 4) is 0 Å². The zero-order chi connectivity index (χ0) is 31.1. The van der Waals surface area contributed by atoms with Gasteiger partial charge in [-0.15, -0.1) is 0 Å². The van der Waals surface area contributed by atoms with Crippen LogP contribution < -0.4 is 9.80 Å².